The van der Waals surface area contributed by atoms with Crippen LogP contribution in [0.1, 0.15) is 166 Å². The third-order valence-corrected chi connectivity index (χ3v) is 9.38. The lowest BCUT2D eigenvalue weighted by atomic mass is 9.84. The highest BCUT2D eigenvalue weighted by atomic mass is 16.2. The van der Waals surface area contributed by atoms with Gasteiger partial charge in [-0.3, -0.25) is 14.5 Å². The number of amides is 2. The molecular formula is C38H65NO2. The van der Waals surface area contributed by atoms with Gasteiger partial charge in [-0.15, -0.1) is 0 Å². The first-order chi connectivity index (χ1) is 19.5. The first kappa shape index (κ1) is 35.6. The Morgan fingerprint density at radius 2 is 0.780 bits per heavy atom. The fraction of sp³-hybridized carbons (Fsp3) is 0.789. The van der Waals surface area contributed by atoms with Crippen molar-refractivity contribution in [1.82, 2.24) is 4.90 Å². The van der Waals surface area contributed by atoms with Crippen molar-refractivity contribution in [2.45, 2.75) is 145 Å². The molecule has 0 unspecified atom stereocenters. The van der Waals surface area contributed by atoms with Gasteiger partial charge in [0.15, 0.2) is 0 Å². The first-order valence-electron chi connectivity index (χ1n) is 17.4. The number of carbonyl (C=O) groups is 2. The zero-order chi connectivity index (χ0) is 30.4. The fourth-order valence-corrected chi connectivity index (χ4v) is 6.52. The van der Waals surface area contributed by atoms with Crippen molar-refractivity contribution >= 4 is 11.8 Å². The van der Waals surface area contributed by atoms with Gasteiger partial charge in [0.1, 0.15) is 0 Å². The van der Waals surface area contributed by atoms with Crippen molar-refractivity contribution in [2.75, 3.05) is 6.54 Å². The number of carbonyl (C=O) groups excluding carboxylic acids is 2. The van der Waals surface area contributed by atoms with E-state index in [4.69, 9.17) is 0 Å². The molecule has 0 bridgehead atoms. The van der Waals surface area contributed by atoms with Crippen molar-refractivity contribution in [3.63, 3.8) is 0 Å². The minimum Gasteiger partial charge on any atom is -0.274 e. The first-order valence-corrected chi connectivity index (χ1v) is 17.4. The number of fused-ring (bicyclic) bond motifs is 1. The maximum atomic E-state index is 13.2. The predicted octanol–water partition coefficient (Wildman–Crippen LogP) is 11.2. The van der Waals surface area contributed by atoms with E-state index in [1.807, 2.05) is 24.3 Å². The molecule has 3 heteroatoms. The van der Waals surface area contributed by atoms with Crippen molar-refractivity contribution < 1.29 is 9.59 Å². The summed E-state index contributed by atoms with van der Waals surface area (Å²) in [5.41, 5.74) is 1.17. The Morgan fingerprint density at radius 1 is 0.463 bits per heavy atom. The third-order valence-electron chi connectivity index (χ3n) is 9.38. The van der Waals surface area contributed by atoms with E-state index < -0.39 is 0 Å². The highest BCUT2D eigenvalue weighted by molar-refractivity contribution is 6.21. The number of imide groups is 1. The number of rotatable bonds is 22. The van der Waals surface area contributed by atoms with E-state index in [9.17, 15) is 9.59 Å². The average molecular weight is 568 g/mol. The molecule has 1 aromatic carbocycles. The molecule has 0 N–H and O–H groups in total. The van der Waals surface area contributed by atoms with Gasteiger partial charge in [-0.2, -0.15) is 0 Å². The summed E-state index contributed by atoms with van der Waals surface area (Å²) in [6, 6.07) is 7.36. The molecular weight excluding hydrogens is 502 g/mol. The summed E-state index contributed by atoms with van der Waals surface area (Å²) in [4.78, 5) is 28.0. The van der Waals surface area contributed by atoms with E-state index in [0.717, 1.165) is 48.3 Å². The van der Waals surface area contributed by atoms with Crippen LogP contribution in [0.2, 0.25) is 0 Å². The monoisotopic (exact) mass is 568 g/mol. The van der Waals surface area contributed by atoms with Gasteiger partial charge in [0.05, 0.1) is 11.1 Å². The number of hydrogen-bond donors (Lipinski definition) is 0. The Balaban J connectivity index is 2.04. The van der Waals surface area contributed by atoms with Crippen LogP contribution in [0.5, 0.6) is 0 Å². The number of hydrogen-bond acceptors (Lipinski definition) is 2. The summed E-state index contributed by atoms with van der Waals surface area (Å²) < 4.78 is 0. The van der Waals surface area contributed by atoms with Crippen LogP contribution in [-0.2, 0) is 0 Å². The second-order valence-corrected chi connectivity index (χ2v) is 15.1. The predicted molar refractivity (Wildman–Crippen MR) is 176 cm³/mol. The van der Waals surface area contributed by atoms with Gasteiger partial charge < -0.3 is 0 Å². The molecule has 3 nitrogen and oxygen atoms in total. The Kier molecular flexibility index (Phi) is 16.3. The van der Waals surface area contributed by atoms with Crippen molar-refractivity contribution in [2.24, 2.45) is 41.4 Å². The molecule has 1 aliphatic heterocycles. The summed E-state index contributed by atoms with van der Waals surface area (Å²) in [6.07, 6.45) is 17.8. The molecule has 0 saturated carbocycles. The van der Waals surface area contributed by atoms with Crippen LogP contribution in [-0.4, -0.2) is 23.3 Å². The molecule has 0 aromatic heterocycles. The average Bonchev–Trinajstić information content (AvgIpc) is 3.15. The summed E-state index contributed by atoms with van der Waals surface area (Å²) in [5.74, 6) is 4.87. The minimum absolute atomic E-state index is 0.0888. The lowest BCUT2D eigenvalue weighted by molar-refractivity contribution is 0.0620. The normalized spacial score (nSPS) is 14.0. The molecule has 0 radical (unpaired) electrons. The SMILES string of the molecule is CC(C)CCC(CCCC(CCCC(CCC(C)C)CCC(C)C)CN1C(=O)c2ccccc2C1=O)CCC(C)C. The van der Waals surface area contributed by atoms with E-state index in [1.165, 1.54) is 77.0 Å². The van der Waals surface area contributed by atoms with E-state index >= 15 is 0 Å². The van der Waals surface area contributed by atoms with Gasteiger partial charge in [-0.1, -0.05) is 145 Å². The van der Waals surface area contributed by atoms with Gasteiger partial charge in [-0.05, 0) is 66.4 Å². The minimum atomic E-state index is -0.0888. The van der Waals surface area contributed by atoms with Gasteiger partial charge >= 0.3 is 0 Å². The molecule has 0 saturated heterocycles. The van der Waals surface area contributed by atoms with Gasteiger partial charge in [-0.25, -0.2) is 0 Å². The molecule has 1 aliphatic rings. The smallest absolute Gasteiger partial charge is 0.261 e. The van der Waals surface area contributed by atoms with Crippen LogP contribution in [0.4, 0.5) is 0 Å². The highest BCUT2D eigenvalue weighted by Crippen LogP contribution is 2.31. The van der Waals surface area contributed by atoms with Crippen LogP contribution in [0.3, 0.4) is 0 Å². The third kappa shape index (κ3) is 13.5. The summed E-state index contributed by atoms with van der Waals surface area (Å²) in [5, 5.41) is 0. The largest absolute Gasteiger partial charge is 0.274 e. The lowest BCUT2D eigenvalue weighted by Crippen LogP contribution is -2.34. The van der Waals surface area contributed by atoms with Crippen LogP contribution >= 0.6 is 0 Å². The van der Waals surface area contributed by atoms with Crippen LogP contribution in [0.15, 0.2) is 24.3 Å². The quantitative estimate of drug-likeness (QED) is 0.131. The molecule has 0 aliphatic carbocycles. The Morgan fingerprint density at radius 3 is 1.10 bits per heavy atom. The fourth-order valence-electron chi connectivity index (χ4n) is 6.52. The van der Waals surface area contributed by atoms with Crippen molar-refractivity contribution in [3.8, 4) is 0 Å². The summed E-state index contributed by atoms with van der Waals surface area (Å²) in [6.45, 7) is 19.3. The topological polar surface area (TPSA) is 37.4 Å². The molecule has 41 heavy (non-hydrogen) atoms. The molecule has 0 fully saturated rings. The van der Waals surface area contributed by atoms with E-state index in [-0.39, 0.29) is 11.8 Å². The van der Waals surface area contributed by atoms with E-state index in [1.54, 1.807) is 4.90 Å². The van der Waals surface area contributed by atoms with Gasteiger partial charge in [0.25, 0.3) is 11.8 Å². The second kappa shape index (κ2) is 18.8. The maximum absolute atomic E-state index is 13.2. The van der Waals surface area contributed by atoms with Gasteiger partial charge in [0, 0.05) is 6.54 Å². The van der Waals surface area contributed by atoms with Crippen molar-refractivity contribution in [3.05, 3.63) is 35.4 Å². The maximum Gasteiger partial charge on any atom is 0.261 e. The Labute approximate surface area is 254 Å². The standard InChI is InChI=1S/C38H65NO2/c1-28(2)19-23-32(24-20-29(3)4)13-11-15-34(16-12-14-33(25-21-30(5)6)26-22-31(7)8)27-39-37(40)35-17-9-10-18-36(35)38(39)41/h9-10,17-18,28-34H,11-16,19-27H2,1-8H3. The van der Waals surface area contributed by atoms with Crippen LogP contribution < -0.4 is 0 Å². The number of nitrogens with zero attached hydrogens (tertiary/aromatic N) is 1. The van der Waals surface area contributed by atoms with Crippen molar-refractivity contribution in [1.29, 1.82) is 0 Å². The molecule has 1 heterocycles. The molecule has 0 atom stereocenters. The molecule has 0 spiro atoms. The zero-order valence-electron chi connectivity index (χ0n) is 28.2. The van der Waals surface area contributed by atoms with Crippen LogP contribution in [0, 0.1) is 41.4 Å². The van der Waals surface area contributed by atoms with E-state index in [2.05, 4.69) is 55.4 Å². The highest BCUT2D eigenvalue weighted by Gasteiger charge is 2.36. The van der Waals surface area contributed by atoms with Gasteiger partial charge in [0.2, 0.25) is 0 Å². The lowest BCUT2D eigenvalue weighted by Gasteiger charge is -2.25. The Hall–Kier alpha value is -1.64. The molecule has 234 valence electrons. The second-order valence-electron chi connectivity index (χ2n) is 15.1. The molecule has 1 aromatic rings. The summed E-state index contributed by atoms with van der Waals surface area (Å²) in [7, 11) is 0. The molecule has 2 rings (SSSR count). The van der Waals surface area contributed by atoms with Crippen LogP contribution in [0.25, 0.3) is 0 Å². The zero-order valence-corrected chi connectivity index (χ0v) is 28.2. The summed E-state index contributed by atoms with van der Waals surface area (Å²) >= 11 is 0. The van der Waals surface area contributed by atoms with E-state index in [0.29, 0.717) is 23.6 Å². The molecule has 2 amide bonds. The number of benzene rings is 1. The Bertz CT molecular complexity index is 793.